The second-order valence-corrected chi connectivity index (χ2v) is 6.07. The molecule has 0 radical (unpaired) electrons. The van der Waals surface area contributed by atoms with E-state index in [1.807, 2.05) is 24.8 Å². The van der Waals surface area contributed by atoms with Gasteiger partial charge in [0.25, 0.3) is 0 Å². The van der Waals surface area contributed by atoms with Crippen molar-refractivity contribution >= 4 is 11.8 Å². The van der Waals surface area contributed by atoms with Crippen LogP contribution in [0.5, 0.6) is 5.88 Å². The standard InChI is InChI=1S/C16H22N6O2/c1-11(2)24-15-7-6-14(20-21-15)18-16(23)22-10-4-3-5-13(22)12-8-9-17-19-12/h6-9,11,13H,3-5,10H2,1-2H3,(H,17,19)(H,18,20,23). The molecule has 1 unspecified atom stereocenters. The van der Waals surface area contributed by atoms with Crippen LogP contribution in [0.4, 0.5) is 10.6 Å². The largest absolute Gasteiger partial charge is 0.474 e. The number of nitrogens with zero attached hydrogens (tertiary/aromatic N) is 4. The molecule has 3 rings (SSSR count). The predicted octanol–water partition coefficient (Wildman–Crippen LogP) is 2.75. The second kappa shape index (κ2) is 7.29. The lowest BCUT2D eigenvalue weighted by Gasteiger charge is -2.34. The number of ether oxygens (including phenoxy) is 1. The molecule has 0 bridgehead atoms. The first kappa shape index (κ1) is 16.2. The molecular weight excluding hydrogens is 308 g/mol. The van der Waals surface area contributed by atoms with Gasteiger partial charge in [0.05, 0.1) is 17.8 Å². The van der Waals surface area contributed by atoms with Gasteiger partial charge in [-0.2, -0.15) is 5.10 Å². The number of anilines is 1. The van der Waals surface area contributed by atoms with E-state index in [1.165, 1.54) is 0 Å². The SMILES string of the molecule is CC(C)Oc1ccc(NC(=O)N2CCCCC2c2ccn[nH]2)nn1. The number of H-pyrrole nitrogens is 1. The summed E-state index contributed by atoms with van der Waals surface area (Å²) in [5.74, 6) is 0.848. The lowest BCUT2D eigenvalue weighted by molar-refractivity contribution is 0.161. The molecule has 1 saturated heterocycles. The first-order valence-electron chi connectivity index (χ1n) is 8.21. The van der Waals surface area contributed by atoms with Crippen molar-refractivity contribution in [3.05, 3.63) is 30.1 Å². The summed E-state index contributed by atoms with van der Waals surface area (Å²) in [6, 6.07) is 5.13. The smallest absolute Gasteiger partial charge is 0.323 e. The first-order valence-corrected chi connectivity index (χ1v) is 8.21. The molecule has 24 heavy (non-hydrogen) atoms. The number of urea groups is 1. The number of carbonyl (C=O) groups excluding carboxylic acids is 1. The molecule has 2 aromatic heterocycles. The van der Waals surface area contributed by atoms with Crippen LogP contribution in [-0.4, -0.2) is 44.0 Å². The average Bonchev–Trinajstić information content (AvgIpc) is 3.10. The van der Waals surface area contributed by atoms with Crippen molar-refractivity contribution in [3.8, 4) is 5.88 Å². The summed E-state index contributed by atoms with van der Waals surface area (Å²) < 4.78 is 5.45. The highest BCUT2D eigenvalue weighted by Gasteiger charge is 2.29. The van der Waals surface area contributed by atoms with Crippen LogP contribution < -0.4 is 10.1 Å². The number of hydrogen-bond acceptors (Lipinski definition) is 5. The summed E-state index contributed by atoms with van der Waals surface area (Å²) in [7, 11) is 0. The molecule has 1 fully saturated rings. The van der Waals surface area contributed by atoms with E-state index in [-0.39, 0.29) is 18.2 Å². The minimum absolute atomic E-state index is 0.0118. The lowest BCUT2D eigenvalue weighted by Crippen LogP contribution is -2.41. The lowest BCUT2D eigenvalue weighted by atomic mass is 10.00. The summed E-state index contributed by atoms with van der Waals surface area (Å²) in [5, 5.41) is 17.7. The van der Waals surface area contributed by atoms with Crippen molar-refractivity contribution in [2.75, 3.05) is 11.9 Å². The third-order valence-electron chi connectivity index (χ3n) is 3.88. The summed E-state index contributed by atoms with van der Waals surface area (Å²) in [4.78, 5) is 14.4. The number of aromatic nitrogens is 4. The van der Waals surface area contributed by atoms with Crippen LogP contribution in [0.2, 0.25) is 0 Å². The number of likely N-dealkylation sites (tertiary alicyclic amines) is 1. The number of carbonyl (C=O) groups is 1. The molecule has 0 spiro atoms. The fourth-order valence-electron chi connectivity index (χ4n) is 2.82. The molecule has 0 aliphatic carbocycles. The molecule has 1 aliphatic rings. The second-order valence-electron chi connectivity index (χ2n) is 6.07. The Hall–Kier alpha value is -2.64. The van der Waals surface area contributed by atoms with Gasteiger partial charge in [-0.05, 0) is 45.2 Å². The van der Waals surface area contributed by atoms with Crippen LogP contribution in [0.25, 0.3) is 0 Å². The maximum absolute atomic E-state index is 12.6. The Morgan fingerprint density at radius 1 is 1.33 bits per heavy atom. The van der Waals surface area contributed by atoms with Gasteiger partial charge in [0.1, 0.15) is 0 Å². The molecule has 0 aromatic carbocycles. The van der Waals surface area contributed by atoms with Crippen LogP contribution in [0.3, 0.4) is 0 Å². The Balaban J connectivity index is 1.66. The average molecular weight is 330 g/mol. The molecular formula is C16H22N6O2. The third-order valence-corrected chi connectivity index (χ3v) is 3.88. The quantitative estimate of drug-likeness (QED) is 0.898. The monoisotopic (exact) mass is 330 g/mol. The van der Waals surface area contributed by atoms with E-state index in [0.29, 0.717) is 18.2 Å². The molecule has 2 aromatic rings. The highest BCUT2D eigenvalue weighted by atomic mass is 16.5. The molecule has 3 heterocycles. The van der Waals surface area contributed by atoms with Crippen LogP contribution in [0.15, 0.2) is 24.4 Å². The first-order chi connectivity index (χ1) is 11.6. The highest BCUT2D eigenvalue weighted by molar-refractivity contribution is 5.88. The number of piperidine rings is 1. The Bertz CT molecular complexity index is 656. The molecule has 8 heteroatoms. The van der Waals surface area contributed by atoms with E-state index in [2.05, 4.69) is 25.7 Å². The summed E-state index contributed by atoms with van der Waals surface area (Å²) in [6.07, 6.45) is 4.74. The zero-order valence-corrected chi connectivity index (χ0v) is 13.9. The predicted molar refractivity (Wildman–Crippen MR) is 88.7 cm³/mol. The maximum Gasteiger partial charge on any atom is 0.323 e. The van der Waals surface area contributed by atoms with Gasteiger partial charge in [-0.25, -0.2) is 4.79 Å². The van der Waals surface area contributed by atoms with Gasteiger partial charge in [0.2, 0.25) is 5.88 Å². The zero-order valence-electron chi connectivity index (χ0n) is 13.9. The maximum atomic E-state index is 12.6. The van der Waals surface area contributed by atoms with Gasteiger partial charge < -0.3 is 9.64 Å². The number of amides is 2. The van der Waals surface area contributed by atoms with Gasteiger partial charge in [-0.3, -0.25) is 10.4 Å². The van der Waals surface area contributed by atoms with Crippen LogP contribution >= 0.6 is 0 Å². The van der Waals surface area contributed by atoms with Crippen molar-refractivity contribution in [2.45, 2.75) is 45.3 Å². The van der Waals surface area contributed by atoms with E-state index in [4.69, 9.17) is 4.74 Å². The van der Waals surface area contributed by atoms with E-state index >= 15 is 0 Å². The Labute approximate surface area is 140 Å². The van der Waals surface area contributed by atoms with Crippen LogP contribution in [-0.2, 0) is 0 Å². The highest BCUT2D eigenvalue weighted by Crippen LogP contribution is 2.30. The van der Waals surface area contributed by atoms with Gasteiger partial charge in [-0.1, -0.05) is 0 Å². The van der Waals surface area contributed by atoms with Crippen LogP contribution in [0.1, 0.15) is 44.8 Å². The third kappa shape index (κ3) is 3.81. The van der Waals surface area contributed by atoms with Crippen molar-refractivity contribution in [1.29, 1.82) is 0 Å². The van der Waals surface area contributed by atoms with Crippen molar-refractivity contribution in [3.63, 3.8) is 0 Å². The van der Waals surface area contributed by atoms with E-state index in [0.717, 1.165) is 25.0 Å². The number of aromatic amines is 1. The van der Waals surface area contributed by atoms with E-state index in [9.17, 15) is 4.79 Å². The Kier molecular flexibility index (Phi) is 4.93. The molecule has 2 amide bonds. The zero-order chi connectivity index (χ0) is 16.9. The number of hydrogen-bond donors (Lipinski definition) is 2. The normalized spacial score (nSPS) is 17.8. The molecule has 1 atom stereocenters. The Morgan fingerprint density at radius 2 is 2.21 bits per heavy atom. The van der Waals surface area contributed by atoms with E-state index in [1.54, 1.807) is 18.3 Å². The molecule has 1 aliphatic heterocycles. The number of rotatable bonds is 4. The number of nitrogens with one attached hydrogen (secondary N) is 2. The molecule has 0 saturated carbocycles. The van der Waals surface area contributed by atoms with Gasteiger partial charge in [0, 0.05) is 18.8 Å². The minimum Gasteiger partial charge on any atom is -0.474 e. The fraction of sp³-hybridized carbons (Fsp3) is 0.500. The minimum atomic E-state index is -0.180. The van der Waals surface area contributed by atoms with Gasteiger partial charge >= 0.3 is 6.03 Å². The van der Waals surface area contributed by atoms with E-state index < -0.39 is 0 Å². The molecule has 128 valence electrons. The van der Waals surface area contributed by atoms with Gasteiger partial charge in [0.15, 0.2) is 5.82 Å². The van der Waals surface area contributed by atoms with Crippen LogP contribution in [0, 0.1) is 0 Å². The summed E-state index contributed by atoms with van der Waals surface area (Å²) in [6.45, 7) is 4.55. The topological polar surface area (TPSA) is 96.0 Å². The molecule has 8 nitrogen and oxygen atoms in total. The van der Waals surface area contributed by atoms with Gasteiger partial charge in [-0.15, -0.1) is 10.2 Å². The Morgan fingerprint density at radius 3 is 2.88 bits per heavy atom. The van der Waals surface area contributed by atoms with Crippen molar-refractivity contribution in [2.24, 2.45) is 0 Å². The summed E-state index contributed by atoms with van der Waals surface area (Å²) >= 11 is 0. The fourth-order valence-corrected chi connectivity index (χ4v) is 2.82. The van der Waals surface area contributed by atoms with Crippen molar-refractivity contribution in [1.82, 2.24) is 25.3 Å². The van der Waals surface area contributed by atoms with Crippen molar-refractivity contribution < 1.29 is 9.53 Å². The molecule has 2 N–H and O–H groups in total. The summed E-state index contributed by atoms with van der Waals surface area (Å²) in [5.41, 5.74) is 0.955.